The molecule has 0 saturated carbocycles. The lowest BCUT2D eigenvalue weighted by atomic mass is 10.1. The van der Waals surface area contributed by atoms with Crippen LogP contribution in [0, 0.1) is 5.82 Å². The average molecular weight is 302 g/mol. The molecular formula is C13H10F4N2O2. The van der Waals surface area contributed by atoms with E-state index in [1.54, 1.807) is 0 Å². The van der Waals surface area contributed by atoms with Gasteiger partial charge in [-0.2, -0.15) is 18.3 Å². The molecule has 1 heterocycles. The lowest BCUT2D eigenvalue weighted by Gasteiger charge is -2.12. The van der Waals surface area contributed by atoms with Gasteiger partial charge in [0.1, 0.15) is 23.0 Å². The van der Waals surface area contributed by atoms with Crippen molar-refractivity contribution in [2.75, 3.05) is 7.11 Å². The normalized spacial score (nSPS) is 11.5. The van der Waals surface area contributed by atoms with Crippen molar-refractivity contribution in [3.63, 3.8) is 0 Å². The Morgan fingerprint density at radius 2 is 1.90 bits per heavy atom. The van der Waals surface area contributed by atoms with Crippen molar-refractivity contribution in [3.8, 4) is 17.0 Å². The van der Waals surface area contributed by atoms with Crippen molar-refractivity contribution in [2.24, 2.45) is 7.05 Å². The second-order valence-electron chi connectivity index (χ2n) is 4.21. The predicted molar refractivity (Wildman–Crippen MR) is 66.4 cm³/mol. The van der Waals surface area contributed by atoms with Gasteiger partial charge in [-0.3, -0.25) is 9.48 Å². The smallest absolute Gasteiger partial charge is 0.433 e. The molecule has 4 nitrogen and oxygen atoms in total. The molecule has 0 saturated heterocycles. The summed E-state index contributed by atoms with van der Waals surface area (Å²) >= 11 is 0. The van der Waals surface area contributed by atoms with Gasteiger partial charge in [-0.05, 0) is 12.1 Å². The fraction of sp³-hybridized carbons (Fsp3) is 0.231. The second kappa shape index (κ2) is 5.19. The molecule has 1 aromatic heterocycles. The third-order valence-electron chi connectivity index (χ3n) is 2.82. The molecule has 0 fully saturated rings. The first-order valence-electron chi connectivity index (χ1n) is 5.73. The zero-order valence-electron chi connectivity index (χ0n) is 11.0. The van der Waals surface area contributed by atoms with Crippen molar-refractivity contribution in [1.82, 2.24) is 9.78 Å². The number of nitrogens with zero attached hydrogens (tertiary/aromatic N) is 2. The fourth-order valence-corrected chi connectivity index (χ4v) is 1.81. The molecule has 0 aliphatic carbocycles. The van der Waals surface area contributed by atoms with Crippen molar-refractivity contribution in [3.05, 3.63) is 46.0 Å². The van der Waals surface area contributed by atoms with E-state index in [2.05, 4.69) is 5.10 Å². The maximum Gasteiger partial charge on any atom is 0.433 e. The first-order chi connectivity index (χ1) is 9.74. The zero-order chi connectivity index (χ0) is 15.8. The van der Waals surface area contributed by atoms with E-state index in [4.69, 9.17) is 4.74 Å². The van der Waals surface area contributed by atoms with Crippen LogP contribution in [0.2, 0.25) is 0 Å². The Labute approximate surface area is 116 Å². The first-order valence-corrected chi connectivity index (χ1v) is 5.73. The quantitative estimate of drug-likeness (QED) is 0.801. The summed E-state index contributed by atoms with van der Waals surface area (Å²) in [7, 11) is 2.37. The number of methoxy groups -OCH3 is 1. The van der Waals surface area contributed by atoms with E-state index in [9.17, 15) is 22.4 Å². The number of halogens is 4. The minimum atomic E-state index is -4.71. The predicted octanol–water partition coefficient (Wildman–Crippen LogP) is 2.61. The Kier molecular flexibility index (Phi) is 3.71. The maximum absolute atomic E-state index is 13.9. The second-order valence-corrected chi connectivity index (χ2v) is 4.21. The largest absolute Gasteiger partial charge is 0.497 e. The van der Waals surface area contributed by atoms with Crippen molar-refractivity contribution < 1.29 is 22.3 Å². The number of alkyl halides is 3. The molecular weight excluding hydrogens is 292 g/mol. The number of rotatable bonds is 2. The molecule has 0 radical (unpaired) electrons. The fourth-order valence-electron chi connectivity index (χ4n) is 1.81. The van der Waals surface area contributed by atoms with E-state index in [0.29, 0.717) is 10.7 Å². The molecule has 112 valence electrons. The highest BCUT2D eigenvalue weighted by atomic mass is 19.4. The summed E-state index contributed by atoms with van der Waals surface area (Å²) in [6, 6.07) is 4.03. The van der Waals surface area contributed by atoms with Gasteiger partial charge >= 0.3 is 6.18 Å². The SMILES string of the molecule is COc1ccc(-c2nn(C)c(C(F)(F)F)cc2=O)c(F)c1. The highest BCUT2D eigenvalue weighted by Gasteiger charge is 2.34. The van der Waals surface area contributed by atoms with E-state index in [1.165, 1.54) is 19.2 Å². The molecule has 8 heteroatoms. The van der Waals surface area contributed by atoms with Crippen LogP contribution in [0.15, 0.2) is 29.1 Å². The molecule has 2 aromatic rings. The highest BCUT2D eigenvalue weighted by molar-refractivity contribution is 5.60. The van der Waals surface area contributed by atoms with E-state index in [-0.39, 0.29) is 11.3 Å². The lowest BCUT2D eigenvalue weighted by Crippen LogP contribution is -2.22. The van der Waals surface area contributed by atoms with Crippen molar-refractivity contribution >= 4 is 0 Å². The number of aromatic nitrogens is 2. The van der Waals surface area contributed by atoms with Crippen LogP contribution >= 0.6 is 0 Å². The molecule has 0 spiro atoms. The summed E-state index contributed by atoms with van der Waals surface area (Å²) in [6.07, 6.45) is -4.71. The molecule has 0 N–H and O–H groups in total. The van der Waals surface area contributed by atoms with Crippen LogP contribution in [0.4, 0.5) is 17.6 Å². The van der Waals surface area contributed by atoms with Crippen molar-refractivity contribution in [1.29, 1.82) is 0 Å². The van der Waals surface area contributed by atoms with Gasteiger partial charge in [-0.1, -0.05) is 0 Å². The third-order valence-corrected chi connectivity index (χ3v) is 2.82. The summed E-state index contributed by atoms with van der Waals surface area (Å²) in [5.74, 6) is -0.585. The van der Waals surface area contributed by atoms with E-state index in [0.717, 1.165) is 13.1 Å². The van der Waals surface area contributed by atoms with Gasteiger partial charge in [0, 0.05) is 24.7 Å². The van der Waals surface area contributed by atoms with Crippen LogP contribution < -0.4 is 10.2 Å². The van der Waals surface area contributed by atoms with E-state index >= 15 is 0 Å². The molecule has 0 bridgehead atoms. The molecule has 0 unspecified atom stereocenters. The van der Waals surface area contributed by atoms with Crippen LogP contribution in [0.1, 0.15) is 5.69 Å². The Balaban J connectivity index is 2.61. The minimum Gasteiger partial charge on any atom is -0.497 e. The average Bonchev–Trinajstić information content (AvgIpc) is 2.40. The molecule has 0 atom stereocenters. The molecule has 1 aromatic carbocycles. The Morgan fingerprint density at radius 3 is 2.43 bits per heavy atom. The van der Waals surface area contributed by atoms with Gasteiger partial charge in [0.2, 0.25) is 5.43 Å². The molecule has 2 rings (SSSR count). The standard InChI is InChI=1S/C13H10F4N2O2/c1-19-11(13(15,16)17)6-10(20)12(18-19)8-4-3-7(21-2)5-9(8)14/h3-6H,1-2H3. The molecule has 0 aliphatic heterocycles. The molecule has 0 aliphatic rings. The Hall–Kier alpha value is -2.38. The summed E-state index contributed by atoms with van der Waals surface area (Å²) in [5.41, 5.74) is -2.80. The van der Waals surface area contributed by atoms with Crippen molar-refractivity contribution in [2.45, 2.75) is 6.18 Å². The zero-order valence-corrected chi connectivity index (χ0v) is 11.0. The summed E-state index contributed by atoms with van der Waals surface area (Å²) < 4.78 is 57.1. The summed E-state index contributed by atoms with van der Waals surface area (Å²) in [4.78, 5) is 11.8. The molecule has 0 amide bonds. The minimum absolute atomic E-state index is 0.190. The number of hydrogen-bond acceptors (Lipinski definition) is 3. The maximum atomic E-state index is 13.9. The van der Waals surface area contributed by atoms with Crippen LogP contribution in [0.5, 0.6) is 5.75 Å². The highest BCUT2D eigenvalue weighted by Crippen LogP contribution is 2.28. The molecule has 21 heavy (non-hydrogen) atoms. The summed E-state index contributed by atoms with van der Waals surface area (Å²) in [6.45, 7) is 0. The van der Waals surface area contributed by atoms with Crippen LogP contribution in [0.25, 0.3) is 11.3 Å². The van der Waals surface area contributed by atoms with Gasteiger partial charge < -0.3 is 4.74 Å². The number of hydrogen-bond donors (Lipinski definition) is 0. The van der Waals surface area contributed by atoms with Gasteiger partial charge in [0.05, 0.1) is 7.11 Å². The van der Waals surface area contributed by atoms with Crippen LogP contribution in [0.3, 0.4) is 0 Å². The van der Waals surface area contributed by atoms with Gasteiger partial charge in [0.25, 0.3) is 0 Å². The summed E-state index contributed by atoms with van der Waals surface area (Å²) in [5, 5.41) is 3.53. The van der Waals surface area contributed by atoms with E-state index in [1.807, 2.05) is 0 Å². The number of benzene rings is 1. The number of ether oxygens (including phenoxy) is 1. The van der Waals surface area contributed by atoms with Gasteiger partial charge in [-0.15, -0.1) is 0 Å². The van der Waals surface area contributed by atoms with Crippen LogP contribution in [-0.2, 0) is 13.2 Å². The Morgan fingerprint density at radius 1 is 1.24 bits per heavy atom. The first kappa shape index (κ1) is 15.0. The monoisotopic (exact) mass is 302 g/mol. The van der Waals surface area contributed by atoms with E-state index < -0.39 is 28.8 Å². The Bertz CT molecular complexity index is 738. The number of aryl methyl sites for hydroxylation is 1. The van der Waals surface area contributed by atoms with Gasteiger partial charge in [-0.25, -0.2) is 4.39 Å². The topological polar surface area (TPSA) is 44.1 Å². The van der Waals surface area contributed by atoms with Gasteiger partial charge in [0.15, 0.2) is 0 Å². The lowest BCUT2D eigenvalue weighted by molar-refractivity contribution is -0.144. The third kappa shape index (κ3) is 2.88. The van der Waals surface area contributed by atoms with Crippen LogP contribution in [-0.4, -0.2) is 16.9 Å².